The molecule has 470 valence electrons. The van der Waals surface area contributed by atoms with E-state index in [4.69, 9.17) is 13.8 Å². The number of esters is 1. The van der Waals surface area contributed by atoms with E-state index in [0.29, 0.717) is 23.9 Å². The summed E-state index contributed by atoms with van der Waals surface area (Å²) < 4.78 is 30.8. The van der Waals surface area contributed by atoms with Crippen molar-refractivity contribution in [2.45, 2.75) is 348 Å². The molecule has 0 bridgehead atoms. The molecule has 0 spiro atoms. The summed E-state index contributed by atoms with van der Waals surface area (Å²) in [4.78, 5) is 37.8. The third kappa shape index (κ3) is 60.6. The van der Waals surface area contributed by atoms with Crippen LogP contribution in [-0.2, 0) is 27.9 Å². The lowest BCUT2D eigenvalue weighted by Gasteiger charge is -2.27. The molecule has 0 fully saturated rings. The molecule has 3 unspecified atom stereocenters. The highest BCUT2D eigenvalue weighted by molar-refractivity contribution is 7.47. The molecule has 0 aromatic rings. The molecule has 9 nitrogen and oxygen atoms in total. The average Bonchev–Trinajstić information content (AvgIpc) is 3.42. The summed E-state index contributed by atoms with van der Waals surface area (Å²) in [5.74, 6) is -0.491. The minimum atomic E-state index is -4.45. The van der Waals surface area contributed by atoms with Crippen LogP contribution in [0.2, 0.25) is 0 Å². The second-order valence-electron chi connectivity index (χ2n) is 24.7. The zero-order chi connectivity index (χ0) is 58.6. The number of rotatable bonds is 63. The Balaban J connectivity index is 5.07. The molecule has 0 aromatic carbocycles. The summed E-state index contributed by atoms with van der Waals surface area (Å²) in [5.41, 5.74) is 0. The number of carbonyl (C=O) groups excluding carboxylic acids is 2. The summed E-state index contributed by atoms with van der Waals surface area (Å²) in [6, 6.07) is -0.846. The van der Waals surface area contributed by atoms with Gasteiger partial charge in [-0.2, -0.15) is 0 Å². The Morgan fingerprint density at radius 1 is 0.438 bits per heavy atom. The maximum absolute atomic E-state index is 13.6. The van der Waals surface area contributed by atoms with E-state index in [9.17, 15) is 19.0 Å². The standard InChI is InChI=1S/C70H133N2O7P/c1-7-10-13-16-19-22-25-28-30-32-33-34-35-36-37-38-39-41-43-45-48-51-54-57-60-63-70(74)79-68(61-58-55-52-49-46-27-24-21-18-15-12-9-3)67(66-78-80(75,76)77-65-64-72(4,5)6)71-69(73)62-59-56-53-50-47-44-42-40-31-29-26-23-20-17-14-11-8-2/h19,22,28,30,33-34,58,61,67-68H,7-18,20-21,23-27,29,31-32,35-57,59-60,62-66H2,1-6H3,(H-,71,73,75,76)/p+1/b22-19-,30-28-,34-33-,61-58+. The topological polar surface area (TPSA) is 111 Å². The summed E-state index contributed by atoms with van der Waals surface area (Å²) in [6.07, 6.45) is 75.4. The third-order valence-corrected chi connectivity index (χ3v) is 16.5. The van der Waals surface area contributed by atoms with Crippen molar-refractivity contribution in [2.24, 2.45) is 0 Å². The van der Waals surface area contributed by atoms with E-state index in [-0.39, 0.29) is 25.1 Å². The van der Waals surface area contributed by atoms with Gasteiger partial charge in [0.25, 0.3) is 0 Å². The molecule has 2 N–H and O–H groups in total. The molecule has 10 heteroatoms. The normalized spacial score (nSPS) is 13.8. The number of phosphoric ester groups is 1. The lowest BCUT2D eigenvalue weighted by atomic mass is 10.0. The van der Waals surface area contributed by atoms with Crippen molar-refractivity contribution in [2.75, 3.05) is 40.9 Å². The van der Waals surface area contributed by atoms with Gasteiger partial charge in [-0.25, -0.2) is 4.57 Å². The third-order valence-electron chi connectivity index (χ3n) is 15.5. The summed E-state index contributed by atoms with van der Waals surface area (Å²) in [5, 5.41) is 3.07. The molecule has 3 atom stereocenters. The number of nitrogens with zero attached hydrogens (tertiary/aromatic N) is 1. The van der Waals surface area contributed by atoms with Crippen LogP contribution >= 0.6 is 7.82 Å². The molecule has 0 radical (unpaired) electrons. The van der Waals surface area contributed by atoms with Gasteiger partial charge in [0.1, 0.15) is 19.3 Å². The van der Waals surface area contributed by atoms with E-state index in [0.717, 1.165) is 70.6 Å². The fraction of sp³-hybridized carbons (Fsp3) is 0.857. The zero-order valence-electron chi connectivity index (χ0n) is 53.8. The molecule has 0 saturated carbocycles. The maximum atomic E-state index is 13.6. The predicted octanol–water partition coefficient (Wildman–Crippen LogP) is 21.6. The summed E-state index contributed by atoms with van der Waals surface area (Å²) in [6.45, 7) is 7.03. The van der Waals surface area contributed by atoms with Crippen molar-refractivity contribution in [3.63, 3.8) is 0 Å². The number of hydrogen-bond donors (Lipinski definition) is 2. The maximum Gasteiger partial charge on any atom is 0.472 e. The quantitative estimate of drug-likeness (QED) is 0.0205. The van der Waals surface area contributed by atoms with Gasteiger partial charge in [-0.3, -0.25) is 18.6 Å². The first-order valence-electron chi connectivity index (χ1n) is 34.5. The van der Waals surface area contributed by atoms with E-state index >= 15 is 0 Å². The van der Waals surface area contributed by atoms with Crippen molar-refractivity contribution in [3.05, 3.63) is 48.6 Å². The molecule has 0 aliphatic rings. The van der Waals surface area contributed by atoms with Gasteiger partial charge in [0.15, 0.2) is 0 Å². The number of quaternary nitrogens is 1. The fourth-order valence-electron chi connectivity index (χ4n) is 10.2. The predicted molar refractivity (Wildman–Crippen MR) is 346 cm³/mol. The van der Waals surface area contributed by atoms with Crippen LogP contribution in [0, 0.1) is 0 Å². The van der Waals surface area contributed by atoms with Crippen LogP contribution < -0.4 is 5.32 Å². The fourth-order valence-corrected chi connectivity index (χ4v) is 10.9. The van der Waals surface area contributed by atoms with E-state index in [1.165, 1.54) is 231 Å². The Kier molecular flexibility index (Phi) is 58.6. The smallest absolute Gasteiger partial charge is 0.456 e. The van der Waals surface area contributed by atoms with Gasteiger partial charge in [0, 0.05) is 12.8 Å². The first-order chi connectivity index (χ1) is 38.9. The van der Waals surface area contributed by atoms with Crippen LogP contribution in [0.1, 0.15) is 335 Å². The molecule has 80 heavy (non-hydrogen) atoms. The number of likely N-dealkylation sites (N-methyl/N-ethyl adjacent to an activating group) is 1. The second kappa shape index (κ2) is 60.1. The highest BCUT2D eigenvalue weighted by atomic mass is 31.2. The van der Waals surface area contributed by atoms with Crippen LogP contribution in [-0.4, -0.2) is 74.3 Å². The van der Waals surface area contributed by atoms with Crippen molar-refractivity contribution in [1.82, 2.24) is 5.32 Å². The van der Waals surface area contributed by atoms with Gasteiger partial charge in [-0.1, -0.05) is 301 Å². The van der Waals surface area contributed by atoms with Gasteiger partial charge >= 0.3 is 13.8 Å². The first-order valence-corrected chi connectivity index (χ1v) is 36.0. The van der Waals surface area contributed by atoms with Gasteiger partial charge in [0.2, 0.25) is 5.91 Å². The van der Waals surface area contributed by atoms with Crippen molar-refractivity contribution < 1.29 is 37.3 Å². The number of hydrogen-bond acceptors (Lipinski definition) is 6. The van der Waals surface area contributed by atoms with E-state index in [1.54, 1.807) is 0 Å². The average molecular weight is 1150 g/mol. The first kappa shape index (κ1) is 78.0. The summed E-state index contributed by atoms with van der Waals surface area (Å²) >= 11 is 0. The number of unbranched alkanes of at least 4 members (excludes halogenated alkanes) is 41. The highest BCUT2D eigenvalue weighted by Gasteiger charge is 2.30. The SMILES string of the molecule is CCCCC/C=C\C/C=C\C/C=C\CCCCCCCCCCCCCCC(=O)OC(/C=C/CCCCCCCCCCCC)C(COP(=O)(O)OCC[N+](C)(C)C)NC(=O)CCCCCCCCCCCCCCCCCCC. The van der Waals surface area contributed by atoms with E-state index in [2.05, 4.69) is 62.5 Å². The molecular weight excluding hydrogens is 1010 g/mol. The molecule has 0 rings (SSSR count). The zero-order valence-corrected chi connectivity index (χ0v) is 54.7. The van der Waals surface area contributed by atoms with Gasteiger partial charge in [-0.15, -0.1) is 0 Å². The second-order valence-corrected chi connectivity index (χ2v) is 26.2. The minimum absolute atomic E-state index is 0.0420. The van der Waals surface area contributed by atoms with Gasteiger partial charge in [-0.05, 0) is 70.3 Å². The Morgan fingerprint density at radius 3 is 1.16 bits per heavy atom. The lowest BCUT2D eigenvalue weighted by Crippen LogP contribution is -2.47. The van der Waals surface area contributed by atoms with Gasteiger partial charge in [0.05, 0.1) is 33.8 Å². The Hall–Kier alpha value is -2.03. The molecule has 0 aliphatic carbocycles. The summed E-state index contributed by atoms with van der Waals surface area (Å²) in [7, 11) is 1.51. The van der Waals surface area contributed by atoms with Gasteiger partial charge < -0.3 is 19.4 Å². The Bertz CT molecular complexity index is 1510. The van der Waals surface area contributed by atoms with Crippen LogP contribution in [0.5, 0.6) is 0 Å². The number of allylic oxidation sites excluding steroid dienone is 7. The monoisotopic (exact) mass is 1150 g/mol. The van der Waals surface area contributed by atoms with Crippen LogP contribution in [0.25, 0.3) is 0 Å². The number of carbonyl (C=O) groups is 2. The molecule has 0 aromatic heterocycles. The molecule has 0 saturated heterocycles. The Labute approximate surface area is 497 Å². The largest absolute Gasteiger partial charge is 0.472 e. The molecule has 0 aliphatic heterocycles. The van der Waals surface area contributed by atoms with Crippen molar-refractivity contribution in [3.8, 4) is 0 Å². The minimum Gasteiger partial charge on any atom is -0.456 e. The van der Waals surface area contributed by atoms with E-state index in [1.807, 2.05) is 33.3 Å². The highest BCUT2D eigenvalue weighted by Crippen LogP contribution is 2.43. The van der Waals surface area contributed by atoms with Crippen molar-refractivity contribution >= 4 is 19.7 Å². The molecular formula is C70H134N2O7P+. The number of phosphoric acid groups is 1. The van der Waals surface area contributed by atoms with Crippen molar-refractivity contribution in [1.29, 1.82) is 0 Å². The number of ether oxygens (including phenoxy) is 1. The lowest BCUT2D eigenvalue weighted by molar-refractivity contribution is -0.870. The molecule has 1 amide bonds. The molecule has 0 heterocycles. The van der Waals surface area contributed by atoms with Crippen LogP contribution in [0.15, 0.2) is 48.6 Å². The Morgan fingerprint density at radius 2 is 0.762 bits per heavy atom. The van der Waals surface area contributed by atoms with Crippen LogP contribution in [0.4, 0.5) is 0 Å². The number of amides is 1. The van der Waals surface area contributed by atoms with Crippen LogP contribution in [0.3, 0.4) is 0 Å². The number of nitrogens with one attached hydrogen (secondary N) is 1. The van der Waals surface area contributed by atoms with E-state index < -0.39 is 20.0 Å².